The lowest BCUT2D eigenvalue weighted by molar-refractivity contribution is 0.474. The van der Waals surface area contributed by atoms with Crippen molar-refractivity contribution in [2.24, 2.45) is 10.9 Å². The molecule has 0 saturated carbocycles. The highest BCUT2D eigenvalue weighted by Crippen LogP contribution is 2.28. The molecule has 12 heavy (non-hydrogen) atoms. The van der Waals surface area contributed by atoms with E-state index in [9.17, 15) is 5.11 Å². The molecule has 0 spiro atoms. The Morgan fingerprint density at radius 2 is 2.25 bits per heavy atom. The lowest BCUT2D eigenvalue weighted by Crippen LogP contribution is -1.87. The third kappa shape index (κ3) is 1.89. The van der Waals surface area contributed by atoms with Crippen LogP contribution in [0.3, 0.4) is 0 Å². The van der Waals surface area contributed by atoms with Gasteiger partial charge in [0, 0.05) is 10.0 Å². The number of rotatable bonds is 1. The van der Waals surface area contributed by atoms with Crippen LogP contribution in [-0.4, -0.2) is 11.3 Å². The molecule has 0 aliphatic rings. The van der Waals surface area contributed by atoms with Crippen LogP contribution < -0.4 is 5.84 Å². The molecule has 0 amide bonds. The lowest BCUT2D eigenvalue weighted by Gasteiger charge is -2.00. The fourth-order valence-corrected chi connectivity index (χ4v) is 1.24. The predicted molar refractivity (Wildman–Crippen MR) is 52.6 cm³/mol. The van der Waals surface area contributed by atoms with Crippen molar-refractivity contribution in [1.82, 2.24) is 0 Å². The van der Waals surface area contributed by atoms with Gasteiger partial charge in [0.25, 0.3) is 0 Å². The zero-order valence-electron chi connectivity index (χ0n) is 5.96. The van der Waals surface area contributed by atoms with E-state index in [4.69, 9.17) is 17.4 Å². The van der Waals surface area contributed by atoms with Crippen molar-refractivity contribution < 1.29 is 5.11 Å². The minimum atomic E-state index is 0.0838. The summed E-state index contributed by atoms with van der Waals surface area (Å²) in [5.41, 5.74) is 0.491. The molecule has 0 heterocycles. The monoisotopic (exact) mass is 248 g/mol. The molecule has 0 radical (unpaired) electrons. The van der Waals surface area contributed by atoms with E-state index >= 15 is 0 Å². The topological polar surface area (TPSA) is 58.6 Å². The molecule has 3 N–H and O–H groups in total. The van der Waals surface area contributed by atoms with Gasteiger partial charge in [-0.25, -0.2) is 0 Å². The molecule has 1 aromatic carbocycles. The first-order chi connectivity index (χ1) is 5.65. The maximum atomic E-state index is 9.31. The fraction of sp³-hybridized carbons (Fsp3) is 0. The summed E-state index contributed by atoms with van der Waals surface area (Å²) in [6, 6.07) is 3.05. The quantitative estimate of drug-likeness (QED) is 0.455. The molecule has 1 aromatic rings. The smallest absolute Gasteiger partial charge is 0.125 e. The van der Waals surface area contributed by atoms with Crippen LogP contribution in [0.5, 0.6) is 5.75 Å². The Morgan fingerprint density at radius 3 is 2.83 bits per heavy atom. The minimum absolute atomic E-state index is 0.0838. The number of hydrogen-bond acceptors (Lipinski definition) is 3. The molecule has 0 aromatic heterocycles. The van der Waals surface area contributed by atoms with Crippen molar-refractivity contribution in [1.29, 1.82) is 0 Å². The van der Waals surface area contributed by atoms with Crippen LogP contribution >= 0.6 is 27.5 Å². The van der Waals surface area contributed by atoms with Crippen LogP contribution in [0, 0.1) is 0 Å². The molecule has 0 bridgehead atoms. The summed E-state index contributed by atoms with van der Waals surface area (Å²) >= 11 is 8.92. The van der Waals surface area contributed by atoms with E-state index in [1.54, 1.807) is 6.07 Å². The Labute approximate surface area is 83.0 Å². The van der Waals surface area contributed by atoms with Crippen molar-refractivity contribution >= 4 is 33.7 Å². The van der Waals surface area contributed by atoms with Gasteiger partial charge in [0.1, 0.15) is 5.75 Å². The number of aromatic hydroxyl groups is 1. The Bertz CT molecular complexity index is 327. The normalized spacial score (nSPS) is 10.8. The minimum Gasteiger partial charge on any atom is -0.507 e. The first-order valence-corrected chi connectivity index (χ1v) is 4.23. The summed E-state index contributed by atoms with van der Waals surface area (Å²) in [5, 5.41) is 13.1. The maximum Gasteiger partial charge on any atom is 0.125 e. The third-order valence-corrected chi connectivity index (χ3v) is 2.48. The number of nitrogens with two attached hydrogens (primary N) is 1. The molecule has 0 atom stereocenters. The van der Waals surface area contributed by atoms with Crippen LogP contribution in [0.1, 0.15) is 5.56 Å². The van der Waals surface area contributed by atoms with Gasteiger partial charge in [0.2, 0.25) is 0 Å². The van der Waals surface area contributed by atoms with E-state index in [0.717, 1.165) is 0 Å². The predicted octanol–water partition coefficient (Wildman–Crippen LogP) is 2.10. The van der Waals surface area contributed by atoms with Crippen LogP contribution in [0.15, 0.2) is 21.7 Å². The van der Waals surface area contributed by atoms with Gasteiger partial charge < -0.3 is 10.9 Å². The number of hydrazone groups is 1. The van der Waals surface area contributed by atoms with Crippen LogP contribution in [-0.2, 0) is 0 Å². The summed E-state index contributed by atoms with van der Waals surface area (Å²) in [4.78, 5) is 0. The van der Waals surface area contributed by atoms with Gasteiger partial charge in [-0.3, -0.25) is 0 Å². The number of halogens is 2. The van der Waals surface area contributed by atoms with E-state index in [-0.39, 0.29) is 5.75 Å². The van der Waals surface area contributed by atoms with Gasteiger partial charge >= 0.3 is 0 Å². The molecule has 0 fully saturated rings. The lowest BCUT2D eigenvalue weighted by atomic mass is 10.2. The summed E-state index contributed by atoms with van der Waals surface area (Å²) in [6.07, 6.45) is 1.33. The Hall–Kier alpha value is -0.740. The molecule has 0 unspecified atom stereocenters. The first-order valence-electron chi connectivity index (χ1n) is 3.06. The maximum absolute atomic E-state index is 9.31. The average molecular weight is 249 g/mol. The van der Waals surface area contributed by atoms with Crippen molar-refractivity contribution in [3.05, 3.63) is 27.2 Å². The van der Waals surface area contributed by atoms with E-state index < -0.39 is 0 Å². The number of nitrogens with zero attached hydrogens (tertiary/aromatic N) is 1. The molecule has 0 saturated heterocycles. The zero-order valence-corrected chi connectivity index (χ0v) is 8.30. The highest BCUT2D eigenvalue weighted by atomic mass is 79.9. The number of phenols is 1. The van der Waals surface area contributed by atoms with Gasteiger partial charge in [-0.2, -0.15) is 5.10 Å². The Balaban J connectivity index is 3.23. The first kappa shape index (κ1) is 9.35. The largest absolute Gasteiger partial charge is 0.507 e. The van der Waals surface area contributed by atoms with Crippen LogP contribution in [0.2, 0.25) is 5.02 Å². The Morgan fingerprint density at radius 1 is 1.58 bits per heavy atom. The van der Waals surface area contributed by atoms with Crippen LogP contribution in [0.25, 0.3) is 0 Å². The van der Waals surface area contributed by atoms with E-state index in [0.29, 0.717) is 15.1 Å². The van der Waals surface area contributed by atoms with Gasteiger partial charge in [0.05, 0.1) is 11.2 Å². The standard InChI is InChI=1S/C7H6BrClN2O/c8-5-2-7(12)4(3-11-10)1-6(5)9/h1-3,12H,10H2. The van der Waals surface area contributed by atoms with E-state index in [1.807, 2.05) is 0 Å². The second-order valence-electron chi connectivity index (χ2n) is 2.10. The summed E-state index contributed by atoms with van der Waals surface area (Å²) in [6.45, 7) is 0. The highest BCUT2D eigenvalue weighted by molar-refractivity contribution is 9.10. The molecular weight excluding hydrogens is 243 g/mol. The third-order valence-electron chi connectivity index (χ3n) is 1.28. The van der Waals surface area contributed by atoms with Crippen molar-refractivity contribution in [2.75, 3.05) is 0 Å². The highest BCUT2D eigenvalue weighted by Gasteiger charge is 2.03. The average Bonchev–Trinajstić information content (AvgIpc) is 2.01. The molecule has 0 aliphatic heterocycles. The molecule has 0 aliphatic carbocycles. The second kappa shape index (κ2) is 3.78. The van der Waals surface area contributed by atoms with Gasteiger partial charge in [-0.05, 0) is 28.1 Å². The Kier molecular flexibility index (Phi) is 2.94. The van der Waals surface area contributed by atoms with E-state index in [2.05, 4.69) is 21.0 Å². The molecule has 64 valence electrons. The van der Waals surface area contributed by atoms with Gasteiger partial charge in [-0.15, -0.1) is 0 Å². The van der Waals surface area contributed by atoms with E-state index in [1.165, 1.54) is 12.3 Å². The number of hydrogen-bond donors (Lipinski definition) is 2. The van der Waals surface area contributed by atoms with Crippen LogP contribution in [0.4, 0.5) is 0 Å². The van der Waals surface area contributed by atoms with Crippen molar-refractivity contribution in [3.63, 3.8) is 0 Å². The summed E-state index contributed by atoms with van der Waals surface area (Å²) < 4.78 is 0.635. The van der Waals surface area contributed by atoms with Gasteiger partial charge in [0.15, 0.2) is 0 Å². The fourth-order valence-electron chi connectivity index (χ4n) is 0.735. The second-order valence-corrected chi connectivity index (χ2v) is 3.36. The number of phenolic OH excluding ortho intramolecular Hbond substituents is 1. The molecule has 5 heteroatoms. The molecule has 1 rings (SSSR count). The zero-order chi connectivity index (χ0) is 9.14. The molecular formula is C7H6BrClN2O. The van der Waals surface area contributed by atoms with Crippen molar-refractivity contribution in [2.45, 2.75) is 0 Å². The summed E-state index contributed by atoms with van der Waals surface area (Å²) in [5.74, 6) is 5.00. The summed E-state index contributed by atoms with van der Waals surface area (Å²) in [7, 11) is 0. The number of benzene rings is 1. The SMILES string of the molecule is NN=Cc1cc(Cl)c(Br)cc1O. The van der Waals surface area contributed by atoms with Gasteiger partial charge in [-0.1, -0.05) is 11.6 Å². The molecule has 3 nitrogen and oxygen atoms in total. The van der Waals surface area contributed by atoms with Crippen molar-refractivity contribution in [3.8, 4) is 5.75 Å².